The summed E-state index contributed by atoms with van der Waals surface area (Å²) in [4.78, 5) is 19.9. The number of hydrogen-bond acceptors (Lipinski definition) is 6. The van der Waals surface area contributed by atoms with Gasteiger partial charge in [-0.2, -0.15) is 5.10 Å². The van der Waals surface area contributed by atoms with Gasteiger partial charge in [-0.25, -0.2) is 9.67 Å². The quantitative estimate of drug-likeness (QED) is 0.476. The minimum atomic E-state index is -0.273. The fraction of sp³-hybridized carbons (Fsp3) is 0.150. The van der Waals surface area contributed by atoms with Gasteiger partial charge in [0.05, 0.1) is 20.2 Å². The van der Waals surface area contributed by atoms with Crippen molar-refractivity contribution in [3.63, 3.8) is 0 Å². The van der Waals surface area contributed by atoms with Crippen LogP contribution >= 0.6 is 0 Å². The fourth-order valence-corrected chi connectivity index (χ4v) is 2.98. The first-order chi connectivity index (χ1) is 13.7. The number of nitrogens with two attached hydrogens (primary N) is 1. The molecule has 0 bridgehead atoms. The molecule has 8 heteroatoms. The number of benzene rings is 2. The van der Waals surface area contributed by atoms with Crippen LogP contribution in [-0.2, 0) is 13.1 Å². The Hall–Kier alpha value is -3.65. The molecule has 28 heavy (non-hydrogen) atoms. The lowest BCUT2D eigenvalue weighted by molar-refractivity contribution is 0.414. The summed E-state index contributed by atoms with van der Waals surface area (Å²) in [6.45, 7) is 0.595. The van der Waals surface area contributed by atoms with E-state index in [2.05, 4.69) is 20.4 Å². The molecule has 0 unspecified atom stereocenters. The van der Waals surface area contributed by atoms with Crippen LogP contribution in [0.25, 0.3) is 11.0 Å². The Morgan fingerprint density at radius 1 is 1.14 bits per heavy atom. The molecule has 4 N–H and O–H groups in total. The van der Waals surface area contributed by atoms with Crippen LogP contribution < -0.4 is 21.3 Å². The van der Waals surface area contributed by atoms with Gasteiger partial charge in [-0.15, -0.1) is 0 Å². The summed E-state index contributed by atoms with van der Waals surface area (Å²) in [7, 11) is 1.63. The van der Waals surface area contributed by atoms with Crippen LogP contribution in [-0.4, -0.2) is 26.9 Å². The molecule has 0 atom stereocenters. The third kappa shape index (κ3) is 3.45. The van der Waals surface area contributed by atoms with E-state index in [1.54, 1.807) is 11.8 Å². The van der Waals surface area contributed by atoms with Crippen molar-refractivity contribution < 1.29 is 4.74 Å². The summed E-state index contributed by atoms with van der Waals surface area (Å²) < 4.78 is 6.91. The van der Waals surface area contributed by atoms with Gasteiger partial charge in [-0.3, -0.25) is 4.79 Å². The second kappa shape index (κ2) is 7.53. The number of H-pyrrole nitrogens is 1. The Morgan fingerprint density at radius 2 is 1.89 bits per heavy atom. The van der Waals surface area contributed by atoms with E-state index in [1.807, 2.05) is 54.6 Å². The van der Waals surface area contributed by atoms with Crippen LogP contribution in [0.5, 0.6) is 5.75 Å². The predicted molar refractivity (Wildman–Crippen MR) is 108 cm³/mol. The topological polar surface area (TPSA) is 111 Å². The van der Waals surface area contributed by atoms with E-state index in [0.29, 0.717) is 29.2 Å². The molecule has 0 aliphatic rings. The number of methoxy groups -OCH3 is 1. The molecule has 2 aromatic carbocycles. The van der Waals surface area contributed by atoms with Gasteiger partial charge in [-0.05, 0) is 29.8 Å². The molecule has 0 saturated heterocycles. The fourth-order valence-electron chi connectivity index (χ4n) is 2.98. The molecule has 8 nitrogen and oxygen atoms in total. The van der Waals surface area contributed by atoms with E-state index < -0.39 is 0 Å². The first-order valence-corrected chi connectivity index (χ1v) is 8.82. The number of ether oxygens (including phenoxy) is 1. The van der Waals surface area contributed by atoms with Gasteiger partial charge in [0.1, 0.15) is 17.0 Å². The van der Waals surface area contributed by atoms with Gasteiger partial charge >= 0.3 is 0 Å². The molecule has 0 amide bonds. The summed E-state index contributed by atoms with van der Waals surface area (Å²) in [5, 5.41) is 8.21. The highest BCUT2D eigenvalue weighted by Gasteiger charge is 2.17. The second-order valence-electron chi connectivity index (χ2n) is 6.26. The Balaban J connectivity index is 1.80. The lowest BCUT2D eigenvalue weighted by atomic mass is 10.2. The van der Waals surface area contributed by atoms with Crippen molar-refractivity contribution in [3.05, 3.63) is 76.3 Å². The van der Waals surface area contributed by atoms with Crippen molar-refractivity contribution in [1.82, 2.24) is 19.7 Å². The monoisotopic (exact) mass is 376 g/mol. The zero-order valence-electron chi connectivity index (χ0n) is 15.3. The average Bonchev–Trinajstić information content (AvgIpc) is 3.06. The maximum atomic E-state index is 12.7. The van der Waals surface area contributed by atoms with Gasteiger partial charge in [0.15, 0.2) is 11.5 Å². The predicted octanol–water partition coefficient (Wildman–Crippen LogP) is 2.38. The molecule has 0 fully saturated rings. The SMILES string of the molecule is COc1ccc(Cn2nc(Nc3ccccc3)c3c(=O)[nH]c(CN)nc32)cc1. The zero-order chi connectivity index (χ0) is 19.5. The largest absolute Gasteiger partial charge is 0.497 e. The molecular weight excluding hydrogens is 356 g/mol. The minimum Gasteiger partial charge on any atom is -0.497 e. The molecule has 142 valence electrons. The number of nitrogens with one attached hydrogen (secondary N) is 2. The van der Waals surface area contributed by atoms with Crippen LogP contribution in [0.4, 0.5) is 11.5 Å². The lowest BCUT2D eigenvalue weighted by Crippen LogP contribution is -2.15. The second-order valence-corrected chi connectivity index (χ2v) is 6.26. The average molecular weight is 376 g/mol. The van der Waals surface area contributed by atoms with Crippen LogP contribution in [0.15, 0.2) is 59.4 Å². The smallest absolute Gasteiger partial charge is 0.264 e. The molecule has 4 rings (SSSR count). The van der Waals surface area contributed by atoms with Gasteiger partial charge in [0.25, 0.3) is 5.56 Å². The van der Waals surface area contributed by atoms with Crippen LogP contribution in [0.2, 0.25) is 0 Å². The molecule has 2 heterocycles. The molecule has 4 aromatic rings. The van der Waals surface area contributed by atoms with Crippen molar-refractivity contribution in [3.8, 4) is 5.75 Å². The summed E-state index contributed by atoms with van der Waals surface area (Å²) in [6, 6.07) is 17.2. The molecule has 0 aliphatic carbocycles. The third-order valence-corrected chi connectivity index (χ3v) is 4.37. The van der Waals surface area contributed by atoms with Gasteiger partial charge in [0.2, 0.25) is 0 Å². The summed E-state index contributed by atoms with van der Waals surface area (Å²) in [6.07, 6.45) is 0. The number of aromatic nitrogens is 4. The molecule has 0 saturated carbocycles. The number of nitrogens with zero attached hydrogens (tertiary/aromatic N) is 3. The first-order valence-electron chi connectivity index (χ1n) is 8.82. The molecular formula is C20H20N6O2. The van der Waals surface area contributed by atoms with Gasteiger partial charge in [-0.1, -0.05) is 30.3 Å². The summed E-state index contributed by atoms with van der Waals surface area (Å²) in [5.41, 5.74) is 7.74. The molecule has 2 aromatic heterocycles. The van der Waals surface area contributed by atoms with E-state index in [-0.39, 0.29) is 12.1 Å². The zero-order valence-corrected chi connectivity index (χ0v) is 15.3. The Morgan fingerprint density at radius 3 is 2.57 bits per heavy atom. The van der Waals surface area contributed by atoms with Crippen molar-refractivity contribution in [2.24, 2.45) is 5.73 Å². The molecule has 0 aliphatic heterocycles. The van der Waals surface area contributed by atoms with Crippen LogP contribution in [0, 0.1) is 0 Å². The lowest BCUT2D eigenvalue weighted by Gasteiger charge is -2.05. The Labute approximate surface area is 161 Å². The Bertz CT molecular complexity index is 1150. The normalized spacial score (nSPS) is 10.9. The molecule has 0 spiro atoms. The highest BCUT2D eigenvalue weighted by Crippen LogP contribution is 2.23. The van der Waals surface area contributed by atoms with E-state index >= 15 is 0 Å². The van der Waals surface area contributed by atoms with Gasteiger partial charge in [0, 0.05) is 5.69 Å². The number of fused-ring (bicyclic) bond motifs is 1. The molecule has 0 radical (unpaired) electrons. The van der Waals surface area contributed by atoms with E-state index in [4.69, 9.17) is 10.5 Å². The minimum absolute atomic E-state index is 0.139. The Kier molecular flexibility index (Phi) is 4.77. The highest BCUT2D eigenvalue weighted by molar-refractivity contribution is 5.88. The maximum Gasteiger partial charge on any atom is 0.264 e. The number of anilines is 2. The van der Waals surface area contributed by atoms with Crippen molar-refractivity contribution in [1.29, 1.82) is 0 Å². The van der Waals surface area contributed by atoms with E-state index in [9.17, 15) is 4.79 Å². The number of hydrogen-bond donors (Lipinski definition) is 3. The standard InChI is InChI=1S/C20H20N6O2/c1-28-15-9-7-13(8-10-15)12-26-19-17(20(27)24-16(11-21)23-19)18(25-26)22-14-5-3-2-4-6-14/h2-10H,11-12,21H2,1H3,(H,22,25)(H,23,24,27). The summed E-state index contributed by atoms with van der Waals surface area (Å²) >= 11 is 0. The van der Waals surface area contributed by atoms with Crippen molar-refractivity contribution in [2.45, 2.75) is 13.1 Å². The third-order valence-electron chi connectivity index (χ3n) is 4.37. The van der Waals surface area contributed by atoms with Crippen LogP contribution in [0.3, 0.4) is 0 Å². The van der Waals surface area contributed by atoms with Crippen molar-refractivity contribution in [2.75, 3.05) is 12.4 Å². The number of rotatable bonds is 6. The van der Waals surface area contributed by atoms with E-state index in [0.717, 1.165) is 17.0 Å². The van der Waals surface area contributed by atoms with Gasteiger partial charge < -0.3 is 20.8 Å². The number of para-hydroxylation sites is 1. The maximum absolute atomic E-state index is 12.7. The van der Waals surface area contributed by atoms with Crippen LogP contribution in [0.1, 0.15) is 11.4 Å². The van der Waals surface area contributed by atoms with Crippen molar-refractivity contribution >= 4 is 22.5 Å². The van der Waals surface area contributed by atoms with E-state index in [1.165, 1.54) is 0 Å². The highest BCUT2D eigenvalue weighted by atomic mass is 16.5. The first kappa shape index (κ1) is 17.7. The summed E-state index contributed by atoms with van der Waals surface area (Å²) in [5.74, 6) is 1.65. The number of aromatic amines is 1.